The fraction of sp³-hybridized carbons (Fsp3) is 0.480. The zero-order valence-electron chi connectivity index (χ0n) is 21.7. The van der Waals surface area contributed by atoms with Gasteiger partial charge in [0.05, 0.1) is 23.6 Å². The van der Waals surface area contributed by atoms with Crippen LogP contribution in [0.3, 0.4) is 0 Å². The van der Waals surface area contributed by atoms with Crippen molar-refractivity contribution in [3.63, 3.8) is 0 Å². The molecular weight excluding hydrogens is 555 g/mol. The van der Waals surface area contributed by atoms with Crippen LogP contribution < -0.4 is 10.6 Å². The first-order valence-electron chi connectivity index (χ1n) is 12.8. The van der Waals surface area contributed by atoms with Crippen molar-refractivity contribution in [2.45, 2.75) is 44.1 Å². The Morgan fingerprint density at radius 1 is 1.20 bits per heavy atom. The van der Waals surface area contributed by atoms with Crippen LogP contribution in [0.5, 0.6) is 0 Å². The number of nitrogens with zero attached hydrogens (tertiary/aromatic N) is 5. The number of hydrogen-bond donors (Lipinski definition) is 4. The molecule has 0 bridgehead atoms. The van der Waals surface area contributed by atoms with Gasteiger partial charge in [0.2, 0.25) is 5.91 Å². The van der Waals surface area contributed by atoms with E-state index >= 15 is 0 Å². The van der Waals surface area contributed by atoms with Crippen molar-refractivity contribution in [2.75, 3.05) is 32.8 Å². The van der Waals surface area contributed by atoms with Crippen molar-refractivity contribution in [3.05, 3.63) is 48.2 Å². The molecule has 2 aliphatic heterocycles. The van der Waals surface area contributed by atoms with E-state index in [0.717, 1.165) is 31.4 Å². The van der Waals surface area contributed by atoms with E-state index in [-0.39, 0.29) is 34.9 Å². The molecule has 0 aromatic carbocycles. The number of carbonyl (C=O) groups excluding carboxylic acids is 2. The molecule has 0 spiro atoms. The summed E-state index contributed by atoms with van der Waals surface area (Å²) in [5.41, 5.74) is -1.36. The minimum Gasteiger partial charge on any atom is -0.387 e. The van der Waals surface area contributed by atoms with Gasteiger partial charge in [-0.2, -0.15) is 18.3 Å². The van der Waals surface area contributed by atoms with Crippen molar-refractivity contribution < 1.29 is 36.6 Å². The monoisotopic (exact) mass is 584 g/mol. The Bertz CT molecular complexity index is 1280. The van der Waals surface area contributed by atoms with E-state index in [2.05, 4.69) is 25.6 Å². The summed E-state index contributed by atoms with van der Waals surface area (Å²) in [7, 11) is 0. The Hall–Kier alpha value is -3.92. The lowest BCUT2D eigenvalue weighted by Gasteiger charge is -2.47. The van der Waals surface area contributed by atoms with Gasteiger partial charge in [-0.1, -0.05) is 6.07 Å². The number of aromatic nitrogens is 3. The summed E-state index contributed by atoms with van der Waals surface area (Å²) in [5.74, 6) is -1.18. The van der Waals surface area contributed by atoms with Crippen molar-refractivity contribution in [1.29, 1.82) is 5.41 Å². The Balaban J connectivity index is 1.35. The number of piperidine rings is 1. The van der Waals surface area contributed by atoms with Gasteiger partial charge < -0.3 is 20.6 Å². The van der Waals surface area contributed by atoms with Crippen LogP contribution in [0, 0.1) is 5.41 Å². The molecular formula is C25H29F5N8O3. The summed E-state index contributed by atoms with van der Waals surface area (Å²) >= 11 is 0. The maximum absolute atomic E-state index is 13.4. The summed E-state index contributed by atoms with van der Waals surface area (Å²) in [4.78, 5) is 32.4. The highest BCUT2D eigenvalue weighted by molar-refractivity contribution is 6.05. The van der Waals surface area contributed by atoms with E-state index in [1.165, 1.54) is 18.2 Å². The fourth-order valence-electron chi connectivity index (χ4n) is 4.67. The average Bonchev–Trinajstić information content (AvgIpc) is 3.37. The molecule has 11 nitrogen and oxygen atoms in total. The molecule has 0 unspecified atom stereocenters. The van der Waals surface area contributed by atoms with E-state index in [1.54, 1.807) is 4.90 Å². The molecule has 2 amide bonds. The molecule has 0 saturated carbocycles. The maximum atomic E-state index is 13.4. The zero-order chi connectivity index (χ0) is 29.7. The zero-order valence-corrected chi connectivity index (χ0v) is 21.7. The molecule has 4 N–H and O–H groups in total. The molecule has 0 aliphatic carbocycles. The standard InChI is InChI=1S/C25H29F5N8O3/c26-23(27)22(31)20(9-32-16-11-37(12-16)17-4-6-36(7-5-17)21(40)13-39)35-24(41)19-3-1-2-18(34-19)15-8-33-38(10-15)14-25(28,29)30/h1-3,8-10,16-17,23,31-32,39H,4-7,11-14H2,(H,35,41)/b20-9+,31-22?. The molecule has 222 valence electrons. The normalized spacial score (nSPS) is 17.4. The first-order valence-corrected chi connectivity index (χ1v) is 12.8. The number of halogens is 5. The van der Waals surface area contributed by atoms with Gasteiger partial charge in [0.25, 0.3) is 12.3 Å². The highest BCUT2D eigenvalue weighted by Gasteiger charge is 2.34. The number of carbonyl (C=O) groups is 2. The number of allylic oxidation sites excluding steroid dienone is 1. The third-order valence-electron chi connectivity index (χ3n) is 6.85. The SMILES string of the molecule is N=C(/C(=C\NC1CN(C2CCN(C(=O)CO)CC2)C1)NC(=O)c1cccc(-c2cnn(CC(F)(F)F)c2)n1)C(F)F. The van der Waals surface area contributed by atoms with Gasteiger partial charge in [0, 0.05) is 50.2 Å². The van der Waals surface area contributed by atoms with Gasteiger partial charge in [-0.3, -0.25) is 24.6 Å². The predicted molar refractivity (Wildman–Crippen MR) is 136 cm³/mol. The lowest BCUT2D eigenvalue weighted by Crippen LogP contribution is -2.62. The Kier molecular flexibility index (Phi) is 9.32. The quantitative estimate of drug-likeness (QED) is 0.246. The highest BCUT2D eigenvalue weighted by atomic mass is 19.4. The lowest BCUT2D eigenvalue weighted by molar-refractivity contribution is -0.142. The third-order valence-corrected chi connectivity index (χ3v) is 6.85. The highest BCUT2D eigenvalue weighted by Crippen LogP contribution is 2.23. The van der Waals surface area contributed by atoms with E-state index in [1.807, 2.05) is 0 Å². The van der Waals surface area contributed by atoms with Gasteiger partial charge in [0.1, 0.15) is 24.6 Å². The van der Waals surface area contributed by atoms with Gasteiger partial charge in [-0.15, -0.1) is 0 Å². The molecule has 0 atom stereocenters. The fourth-order valence-corrected chi connectivity index (χ4v) is 4.67. The number of nitrogens with one attached hydrogen (secondary N) is 3. The molecule has 2 aromatic heterocycles. The first-order chi connectivity index (χ1) is 19.4. The molecule has 0 radical (unpaired) electrons. The second-order valence-corrected chi connectivity index (χ2v) is 9.76. The van der Waals surface area contributed by atoms with E-state index < -0.39 is 43.1 Å². The summed E-state index contributed by atoms with van der Waals surface area (Å²) in [6.45, 7) is 0.482. The van der Waals surface area contributed by atoms with Gasteiger partial charge >= 0.3 is 6.18 Å². The second kappa shape index (κ2) is 12.7. The first kappa shape index (κ1) is 30.0. The average molecular weight is 585 g/mol. The molecule has 2 aliphatic rings. The van der Waals surface area contributed by atoms with Crippen LogP contribution in [0.25, 0.3) is 11.3 Å². The topological polar surface area (TPSA) is 139 Å². The number of amides is 2. The largest absolute Gasteiger partial charge is 0.408 e. The van der Waals surface area contributed by atoms with Crippen LogP contribution >= 0.6 is 0 Å². The van der Waals surface area contributed by atoms with Crippen LogP contribution in [0.4, 0.5) is 22.0 Å². The lowest BCUT2D eigenvalue weighted by atomic mass is 9.97. The molecule has 16 heteroatoms. The smallest absolute Gasteiger partial charge is 0.387 e. The summed E-state index contributed by atoms with van der Waals surface area (Å²) in [6, 6.07) is 4.34. The summed E-state index contributed by atoms with van der Waals surface area (Å²) < 4.78 is 65.3. The number of aliphatic hydroxyl groups excluding tert-OH is 1. The van der Waals surface area contributed by atoms with Crippen LogP contribution in [0.15, 0.2) is 42.5 Å². The van der Waals surface area contributed by atoms with E-state index in [9.17, 15) is 31.5 Å². The minimum absolute atomic E-state index is 0.112. The summed E-state index contributed by atoms with van der Waals surface area (Å²) in [6.07, 6.45) is -2.69. The van der Waals surface area contributed by atoms with Crippen molar-refractivity contribution >= 4 is 17.5 Å². The molecule has 2 saturated heterocycles. The number of hydrogen-bond acceptors (Lipinski definition) is 8. The molecule has 4 heterocycles. The van der Waals surface area contributed by atoms with Gasteiger partial charge in [-0.05, 0) is 25.0 Å². The Morgan fingerprint density at radius 3 is 2.54 bits per heavy atom. The number of alkyl halides is 5. The molecule has 2 fully saturated rings. The van der Waals surface area contributed by atoms with Crippen LogP contribution in [-0.2, 0) is 11.3 Å². The van der Waals surface area contributed by atoms with Crippen LogP contribution in [-0.4, -0.2) is 105 Å². The van der Waals surface area contributed by atoms with Gasteiger partial charge in [-0.25, -0.2) is 13.8 Å². The molecule has 2 aromatic rings. The van der Waals surface area contributed by atoms with Crippen molar-refractivity contribution in [3.8, 4) is 11.3 Å². The van der Waals surface area contributed by atoms with E-state index in [0.29, 0.717) is 30.9 Å². The molecule has 4 rings (SSSR count). The number of aliphatic hydroxyl groups is 1. The minimum atomic E-state index is -4.47. The summed E-state index contributed by atoms with van der Waals surface area (Å²) in [5, 5.41) is 25.6. The van der Waals surface area contributed by atoms with Crippen molar-refractivity contribution in [2.24, 2.45) is 0 Å². The van der Waals surface area contributed by atoms with Crippen molar-refractivity contribution in [1.82, 2.24) is 35.2 Å². The van der Waals surface area contributed by atoms with Crippen LogP contribution in [0.1, 0.15) is 23.3 Å². The second-order valence-electron chi connectivity index (χ2n) is 9.76. The predicted octanol–water partition coefficient (Wildman–Crippen LogP) is 1.62. The Morgan fingerprint density at radius 2 is 1.90 bits per heavy atom. The third kappa shape index (κ3) is 7.85. The number of rotatable bonds is 10. The molecule has 41 heavy (non-hydrogen) atoms. The maximum Gasteiger partial charge on any atom is 0.408 e. The van der Waals surface area contributed by atoms with E-state index in [4.69, 9.17) is 10.5 Å². The van der Waals surface area contributed by atoms with Crippen LogP contribution in [0.2, 0.25) is 0 Å². The van der Waals surface area contributed by atoms with Gasteiger partial charge in [0.15, 0.2) is 0 Å². The Labute approximate surface area is 231 Å². The number of likely N-dealkylation sites (tertiary alicyclic amines) is 2. The number of pyridine rings is 1.